The smallest absolute Gasteiger partial charge is 0.168 e. The van der Waals surface area contributed by atoms with Gasteiger partial charge in [0.1, 0.15) is 0 Å². The van der Waals surface area contributed by atoms with Crippen LogP contribution in [0, 0.1) is 11.8 Å². The summed E-state index contributed by atoms with van der Waals surface area (Å²) in [5.74, 6) is 1.97. The van der Waals surface area contributed by atoms with E-state index in [1.54, 1.807) is 12.1 Å². The Morgan fingerprint density at radius 2 is 2.31 bits per heavy atom. The molecule has 2 aliphatic rings. The number of halogens is 1. The third-order valence-electron chi connectivity index (χ3n) is 3.11. The molecule has 5 heteroatoms. The second-order valence-corrected chi connectivity index (χ2v) is 4.48. The van der Waals surface area contributed by atoms with E-state index >= 15 is 0 Å². The molecule has 3 rings (SSSR count). The zero-order chi connectivity index (χ0) is 11.0. The molecule has 0 aliphatic heterocycles. The van der Waals surface area contributed by atoms with Crippen molar-refractivity contribution in [3.8, 4) is 0 Å². The Morgan fingerprint density at radius 3 is 3.06 bits per heavy atom. The summed E-state index contributed by atoms with van der Waals surface area (Å²) in [4.78, 5) is 0. The van der Waals surface area contributed by atoms with Crippen molar-refractivity contribution >= 4 is 23.1 Å². The normalized spacial score (nSPS) is 28.9. The molecule has 0 aromatic carbocycles. The fourth-order valence-corrected chi connectivity index (χ4v) is 2.27. The highest BCUT2D eigenvalue weighted by Gasteiger charge is 2.37. The van der Waals surface area contributed by atoms with Crippen LogP contribution < -0.4 is 5.43 Å². The summed E-state index contributed by atoms with van der Waals surface area (Å²) in [6, 6.07) is 3.46. The third-order valence-corrected chi connectivity index (χ3v) is 3.31. The number of anilines is 1. The lowest BCUT2D eigenvalue weighted by atomic mass is 9.74. The van der Waals surface area contributed by atoms with Gasteiger partial charge in [-0.25, -0.2) is 0 Å². The van der Waals surface area contributed by atoms with Gasteiger partial charge in [0.2, 0.25) is 0 Å². The Hall–Kier alpha value is -1.42. The highest BCUT2D eigenvalue weighted by molar-refractivity contribution is 6.29. The van der Waals surface area contributed by atoms with Gasteiger partial charge >= 0.3 is 0 Å². The lowest BCUT2D eigenvalue weighted by Gasteiger charge is -2.31. The number of fused-ring (bicyclic) bond motifs is 1. The van der Waals surface area contributed by atoms with Crippen molar-refractivity contribution in [2.24, 2.45) is 16.9 Å². The standard InChI is InChI=1S/C11H11ClN4/c12-10-4-5-11(16-14-10)15-13-9-6-7-2-1-3-8(7)9/h1-2,4-5,7-8H,3,6H2,(H,15,16). The van der Waals surface area contributed by atoms with Crippen LogP contribution in [-0.2, 0) is 0 Å². The number of nitrogens with one attached hydrogen (secondary N) is 1. The molecule has 1 heterocycles. The van der Waals surface area contributed by atoms with Crippen LogP contribution in [0.25, 0.3) is 0 Å². The van der Waals surface area contributed by atoms with E-state index in [4.69, 9.17) is 11.6 Å². The molecule has 4 nitrogen and oxygen atoms in total. The predicted molar refractivity (Wildman–Crippen MR) is 63.5 cm³/mol. The predicted octanol–water partition coefficient (Wildman–Crippen LogP) is 2.49. The number of aromatic nitrogens is 2. The van der Waals surface area contributed by atoms with E-state index < -0.39 is 0 Å². The Labute approximate surface area is 98.4 Å². The SMILES string of the molecule is Clc1ccc(NN=C2CC3C=CCC23)nn1. The molecule has 2 aliphatic carbocycles. The molecule has 0 saturated heterocycles. The van der Waals surface area contributed by atoms with Gasteiger partial charge in [0.05, 0.1) is 0 Å². The third kappa shape index (κ3) is 1.69. The highest BCUT2D eigenvalue weighted by Crippen LogP contribution is 2.40. The first kappa shape index (κ1) is 9.78. The fourth-order valence-electron chi connectivity index (χ4n) is 2.17. The van der Waals surface area contributed by atoms with Gasteiger partial charge in [0, 0.05) is 11.6 Å². The quantitative estimate of drug-likeness (QED) is 0.632. The molecule has 0 radical (unpaired) electrons. The monoisotopic (exact) mass is 234 g/mol. The van der Waals surface area contributed by atoms with Gasteiger partial charge in [-0.2, -0.15) is 5.10 Å². The fraction of sp³-hybridized carbons (Fsp3) is 0.364. The summed E-state index contributed by atoms with van der Waals surface area (Å²) in [7, 11) is 0. The Balaban J connectivity index is 1.64. The molecule has 2 atom stereocenters. The van der Waals surface area contributed by atoms with E-state index in [0.717, 1.165) is 18.8 Å². The molecule has 0 amide bonds. The molecule has 2 unspecified atom stereocenters. The van der Waals surface area contributed by atoms with E-state index in [0.29, 0.717) is 16.9 Å². The maximum atomic E-state index is 5.64. The van der Waals surface area contributed by atoms with E-state index in [2.05, 4.69) is 32.9 Å². The second-order valence-electron chi connectivity index (χ2n) is 4.09. The van der Waals surface area contributed by atoms with Crippen molar-refractivity contribution in [1.82, 2.24) is 10.2 Å². The first-order valence-electron chi connectivity index (χ1n) is 5.31. The number of allylic oxidation sites excluding steroid dienone is 2. The molecule has 0 bridgehead atoms. The van der Waals surface area contributed by atoms with Crippen LogP contribution in [0.3, 0.4) is 0 Å². The molecule has 82 valence electrons. The van der Waals surface area contributed by atoms with Crippen molar-refractivity contribution in [2.75, 3.05) is 5.43 Å². The largest absolute Gasteiger partial charge is 0.260 e. The lowest BCUT2D eigenvalue weighted by molar-refractivity contribution is 0.466. The van der Waals surface area contributed by atoms with Crippen LogP contribution in [0.1, 0.15) is 12.8 Å². The number of hydrogen-bond donors (Lipinski definition) is 1. The second kappa shape index (κ2) is 3.87. The van der Waals surface area contributed by atoms with Crippen LogP contribution in [0.5, 0.6) is 0 Å². The Morgan fingerprint density at radius 1 is 1.38 bits per heavy atom. The average molecular weight is 235 g/mol. The molecule has 1 aromatic heterocycles. The molecule has 1 fully saturated rings. The minimum Gasteiger partial charge on any atom is -0.260 e. The molecule has 1 N–H and O–H groups in total. The topological polar surface area (TPSA) is 50.2 Å². The maximum absolute atomic E-state index is 5.64. The van der Waals surface area contributed by atoms with E-state index in [9.17, 15) is 0 Å². The van der Waals surface area contributed by atoms with Gasteiger partial charge in [-0.3, -0.25) is 5.43 Å². The first-order valence-corrected chi connectivity index (χ1v) is 5.69. The zero-order valence-electron chi connectivity index (χ0n) is 8.60. The molecule has 1 aromatic rings. The molecular weight excluding hydrogens is 224 g/mol. The van der Waals surface area contributed by atoms with Crippen LogP contribution in [0.4, 0.5) is 5.82 Å². The summed E-state index contributed by atoms with van der Waals surface area (Å²) in [6.07, 6.45) is 6.71. The minimum atomic E-state index is 0.391. The molecular formula is C11H11ClN4. The number of rotatable bonds is 2. The summed E-state index contributed by atoms with van der Waals surface area (Å²) in [5.41, 5.74) is 4.14. The van der Waals surface area contributed by atoms with Gasteiger partial charge in [0.25, 0.3) is 0 Å². The average Bonchev–Trinajstić information content (AvgIpc) is 2.63. The van der Waals surface area contributed by atoms with Gasteiger partial charge in [0.15, 0.2) is 11.0 Å². The van der Waals surface area contributed by atoms with Crippen molar-refractivity contribution in [2.45, 2.75) is 12.8 Å². The van der Waals surface area contributed by atoms with Crippen LogP contribution in [0.15, 0.2) is 29.4 Å². The zero-order valence-corrected chi connectivity index (χ0v) is 9.35. The molecule has 0 spiro atoms. The van der Waals surface area contributed by atoms with Crippen molar-refractivity contribution in [3.05, 3.63) is 29.4 Å². The van der Waals surface area contributed by atoms with Crippen LogP contribution in [0.2, 0.25) is 5.15 Å². The summed E-state index contributed by atoms with van der Waals surface area (Å²) in [6.45, 7) is 0. The van der Waals surface area contributed by atoms with E-state index in [-0.39, 0.29) is 0 Å². The van der Waals surface area contributed by atoms with Crippen molar-refractivity contribution in [1.29, 1.82) is 0 Å². The van der Waals surface area contributed by atoms with Gasteiger partial charge < -0.3 is 0 Å². The number of hydrogen-bond acceptors (Lipinski definition) is 4. The number of hydrazone groups is 1. The van der Waals surface area contributed by atoms with Gasteiger partial charge in [-0.1, -0.05) is 23.8 Å². The summed E-state index contributed by atoms with van der Waals surface area (Å²) >= 11 is 5.64. The molecule has 1 saturated carbocycles. The highest BCUT2D eigenvalue weighted by atomic mass is 35.5. The van der Waals surface area contributed by atoms with Gasteiger partial charge in [-0.05, 0) is 30.9 Å². The van der Waals surface area contributed by atoms with Crippen molar-refractivity contribution < 1.29 is 0 Å². The van der Waals surface area contributed by atoms with Crippen LogP contribution in [-0.4, -0.2) is 15.9 Å². The number of nitrogens with zero attached hydrogens (tertiary/aromatic N) is 3. The Bertz CT molecular complexity index is 452. The summed E-state index contributed by atoms with van der Waals surface area (Å²) < 4.78 is 0. The van der Waals surface area contributed by atoms with E-state index in [1.807, 2.05) is 0 Å². The van der Waals surface area contributed by atoms with E-state index in [1.165, 1.54) is 5.71 Å². The lowest BCUT2D eigenvalue weighted by Crippen LogP contribution is -2.33. The Kier molecular flexibility index (Phi) is 2.36. The minimum absolute atomic E-state index is 0.391. The van der Waals surface area contributed by atoms with Gasteiger partial charge in [-0.15, -0.1) is 10.2 Å². The molecule has 16 heavy (non-hydrogen) atoms. The van der Waals surface area contributed by atoms with Crippen molar-refractivity contribution in [3.63, 3.8) is 0 Å². The summed E-state index contributed by atoms with van der Waals surface area (Å²) in [5, 5.41) is 12.4. The first-order chi connectivity index (χ1) is 7.83. The maximum Gasteiger partial charge on any atom is 0.168 e. The van der Waals surface area contributed by atoms with Crippen LogP contribution >= 0.6 is 11.6 Å².